The Balaban J connectivity index is 1.62. The largest absolute Gasteiger partial charge is 0.481 e. The highest BCUT2D eigenvalue weighted by atomic mass is 16.4. The van der Waals surface area contributed by atoms with Gasteiger partial charge in [0, 0.05) is 30.6 Å². The number of aliphatic hydroxyl groups excluding tert-OH is 1. The summed E-state index contributed by atoms with van der Waals surface area (Å²) < 4.78 is 0. The van der Waals surface area contributed by atoms with Gasteiger partial charge in [-0.25, -0.2) is 0 Å². The van der Waals surface area contributed by atoms with Crippen LogP contribution in [0.2, 0.25) is 0 Å². The maximum absolute atomic E-state index is 13.6. The fourth-order valence-electron chi connectivity index (χ4n) is 8.13. The Morgan fingerprint density at radius 1 is 1.14 bits per heavy atom. The average Bonchev–Trinajstić information content (AvgIpc) is 3.01. The molecule has 5 nitrogen and oxygen atoms in total. The van der Waals surface area contributed by atoms with Gasteiger partial charge in [-0.15, -0.1) is 0 Å². The Hall–Kier alpha value is -1.23. The molecule has 0 aliphatic heterocycles. The van der Waals surface area contributed by atoms with Crippen LogP contribution in [0, 0.1) is 46.3 Å². The molecule has 4 rings (SSSR count). The van der Waals surface area contributed by atoms with Gasteiger partial charge in [-0.05, 0) is 73.5 Å². The van der Waals surface area contributed by atoms with Gasteiger partial charge in [-0.2, -0.15) is 0 Å². The van der Waals surface area contributed by atoms with Crippen molar-refractivity contribution < 1.29 is 24.6 Å². The molecular formula is C24H36O5. The molecule has 4 aliphatic rings. The number of carboxylic acids is 1. The Morgan fingerprint density at radius 3 is 2.55 bits per heavy atom. The van der Waals surface area contributed by atoms with Crippen LogP contribution in [0.5, 0.6) is 0 Å². The topological polar surface area (TPSA) is 91.7 Å². The van der Waals surface area contributed by atoms with Gasteiger partial charge in [-0.3, -0.25) is 14.4 Å². The standard InChI is InChI=1S/C24H36O5/c1-13(4-7-21(28)29)16-5-6-17-22-18(12-20(27)24(16,17)3)23(2)9-8-15(25)10-14(23)11-19(22)26/h13-18,22,25H,4-12H2,1-3H3,(H,28,29)/t13-,14+,15-,16-,17+,18+,22+,23-,24-/m0/s1. The highest BCUT2D eigenvalue weighted by molar-refractivity contribution is 5.92. The molecular weight excluding hydrogens is 368 g/mol. The number of ketones is 2. The third-order valence-electron chi connectivity index (χ3n) is 9.87. The Bertz CT molecular complexity index is 716. The maximum Gasteiger partial charge on any atom is 0.303 e. The Morgan fingerprint density at radius 2 is 1.86 bits per heavy atom. The van der Waals surface area contributed by atoms with Crippen molar-refractivity contribution in [2.45, 2.75) is 84.7 Å². The number of carbonyl (C=O) groups is 3. The molecule has 0 heterocycles. The van der Waals surface area contributed by atoms with Crippen molar-refractivity contribution in [2.24, 2.45) is 46.3 Å². The molecule has 29 heavy (non-hydrogen) atoms. The van der Waals surface area contributed by atoms with E-state index in [1.807, 2.05) is 0 Å². The number of Topliss-reactive ketones (excluding diaryl/α,β-unsaturated/α-hetero) is 2. The lowest BCUT2D eigenvalue weighted by atomic mass is 9.43. The predicted octanol–water partition coefficient (Wildman–Crippen LogP) is 3.87. The van der Waals surface area contributed by atoms with E-state index in [-0.39, 0.29) is 53.4 Å². The molecule has 0 saturated heterocycles. The lowest BCUT2D eigenvalue weighted by Gasteiger charge is -2.59. The van der Waals surface area contributed by atoms with Crippen molar-refractivity contribution in [3.63, 3.8) is 0 Å². The molecule has 0 aromatic heterocycles. The number of carboxylic acid groups (broad SMARTS) is 1. The van der Waals surface area contributed by atoms with E-state index in [9.17, 15) is 19.5 Å². The molecule has 0 unspecified atom stereocenters. The molecule has 4 aliphatic carbocycles. The summed E-state index contributed by atoms with van der Waals surface area (Å²) in [5.41, 5.74) is -0.520. The van der Waals surface area contributed by atoms with Crippen LogP contribution >= 0.6 is 0 Å². The highest BCUT2D eigenvalue weighted by Gasteiger charge is 2.66. The number of aliphatic hydroxyl groups is 1. The van der Waals surface area contributed by atoms with Gasteiger partial charge in [0.1, 0.15) is 11.6 Å². The molecule has 0 radical (unpaired) electrons. The van der Waals surface area contributed by atoms with Gasteiger partial charge in [-0.1, -0.05) is 20.8 Å². The van der Waals surface area contributed by atoms with E-state index in [1.165, 1.54) is 0 Å². The number of carbonyl (C=O) groups excluding carboxylic acids is 2. The summed E-state index contributed by atoms with van der Waals surface area (Å²) in [4.78, 5) is 38.0. The fourth-order valence-corrected chi connectivity index (χ4v) is 8.13. The van der Waals surface area contributed by atoms with Crippen molar-refractivity contribution >= 4 is 17.5 Å². The summed E-state index contributed by atoms with van der Waals surface area (Å²) >= 11 is 0. The summed E-state index contributed by atoms with van der Waals surface area (Å²) in [6.45, 7) is 6.44. The third-order valence-corrected chi connectivity index (χ3v) is 9.87. The molecule has 0 aromatic rings. The van der Waals surface area contributed by atoms with Crippen LogP contribution in [-0.4, -0.2) is 33.9 Å². The predicted molar refractivity (Wildman–Crippen MR) is 108 cm³/mol. The van der Waals surface area contributed by atoms with Crippen LogP contribution in [0.1, 0.15) is 78.6 Å². The second kappa shape index (κ2) is 7.18. The first kappa shape index (κ1) is 21.0. The van der Waals surface area contributed by atoms with E-state index < -0.39 is 11.4 Å². The number of rotatable bonds is 4. The summed E-state index contributed by atoms with van der Waals surface area (Å²) in [5, 5.41) is 19.2. The summed E-state index contributed by atoms with van der Waals surface area (Å²) in [6.07, 6.45) is 5.64. The first-order valence-corrected chi connectivity index (χ1v) is 11.5. The van der Waals surface area contributed by atoms with Gasteiger partial charge in [0.2, 0.25) is 0 Å². The van der Waals surface area contributed by atoms with Crippen LogP contribution in [-0.2, 0) is 14.4 Å². The molecule has 4 fully saturated rings. The molecule has 162 valence electrons. The van der Waals surface area contributed by atoms with Gasteiger partial charge < -0.3 is 10.2 Å². The van der Waals surface area contributed by atoms with Gasteiger partial charge in [0.15, 0.2) is 0 Å². The maximum atomic E-state index is 13.6. The molecule has 4 saturated carbocycles. The minimum absolute atomic E-state index is 0.0260. The number of hydrogen-bond donors (Lipinski definition) is 2. The number of aliphatic carboxylic acids is 1. The Kier molecular flexibility index (Phi) is 5.20. The second-order valence-corrected chi connectivity index (χ2v) is 11.0. The van der Waals surface area contributed by atoms with Crippen LogP contribution < -0.4 is 0 Å². The van der Waals surface area contributed by atoms with Crippen molar-refractivity contribution in [1.82, 2.24) is 0 Å². The zero-order valence-corrected chi connectivity index (χ0v) is 18.0. The van der Waals surface area contributed by atoms with Crippen molar-refractivity contribution in [2.75, 3.05) is 0 Å². The molecule has 0 bridgehead atoms. The first-order chi connectivity index (χ1) is 13.6. The smallest absolute Gasteiger partial charge is 0.303 e. The normalized spacial score (nSPS) is 47.9. The molecule has 2 N–H and O–H groups in total. The van der Waals surface area contributed by atoms with Crippen LogP contribution in [0.15, 0.2) is 0 Å². The quantitative estimate of drug-likeness (QED) is 0.742. The zero-order valence-electron chi connectivity index (χ0n) is 18.0. The van der Waals surface area contributed by atoms with Gasteiger partial charge in [0.05, 0.1) is 6.10 Å². The van der Waals surface area contributed by atoms with Crippen LogP contribution in [0.4, 0.5) is 0 Å². The summed E-state index contributed by atoms with van der Waals surface area (Å²) in [6, 6.07) is 0. The molecule has 5 heteroatoms. The van der Waals surface area contributed by atoms with Crippen LogP contribution in [0.25, 0.3) is 0 Å². The monoisotopic (exact) mass is 404 g/mol. The molecule has 0 amide bonds. The fraction of sp³-hybridized carbons (Fsp3) is 0.875. The summed E-state index contributed by atoms with van der Waals surface area (Å²) in [7, 11) is 0. The lowest BCUT2D eigenvalue weighted by molar-refractivity contribution is -0.168. The minimum Gasteiger partial charge on any atom is -0.481 e. The average molecular weight is 405 g/mol. The van der Waals surface area contributed by atoms with Crippen molar-refractivity contribution in [3.05, 3.63) is 0 Å². The number of hydrogen-bond acceptors (Lipinski definition) is 4. The van der Waals surface area contributed by atoms with E-state index in [1.54, 1.807) is 0 Å². The van der Waals surface area contributed by atoms with Gasteiger partial charge in [0.25, 0.3) is 0 Å². The summed E-state index contributed by atoms with van der Waals surface area (Å²) in [5.74, 6) is 0.550. The van der Waals surface area contributed by atoms with Crippen LogP contribution in [0.3, 0.4) is 0 Å². The molecule has 9 atom stereocenters. The minimum atomic E-state index is -0.785. The van der Waals surface area contributed by atoms with Crippen molar-refractivity contribution in [1.29, 1.82) is 0 Å². The van der Waals surface area contributed by atoms with E-state index in [0.717, 1.165) is 25.7 Å². The second-order valence-electron chi connectivity index (χ2n) is 11.0. The Labute approximate surface area is 173 Å². The zero-order chi connectivity index (χ0) is 21.1. The van der Waals surface area contributed by atoms with E-state index in [0.29, 0.717) is 37.2 Å². The van der Waals surface area contributed by atoms with E-state index in [4.69, 9.17) is 5.11 Å². The third kappa shape index (κ3) is 3.10. The first-order valence-electron chi connectivity index (χ1n) is 11.5. The number of fused-ring (bicyclic) bond motifs is 5. The SMILES string of the molecule is C[C@@H](CCC(=O)O)[C@@H]1CC[C@@H]2[C@H]3C(=O)C[C@H]4C[C@@H](O)CC[C@]4(C)[C@@H]3CC(=O)[C@]21C. The highest BCUT2D eigenvalue weighted by Crippen LogP contribution is 2.66. The van der Waals surface area contributed by atoms with E-state index in [2.05, 4.69) is 20.8 Å². The van der Waals surface area contributed by atoms with Crippen molar-refractivity contribution in [3.8, 4) is 0 Å². The van der Waals surface area contributed by atoms with E-state index >= 15 is 0 Å². The lowest BCUT2D eigenvalue weighted by Crippen LogP contribution is -2.60. The van der Waals surface area contributed by atoms with Gasteiger partial charge >= 0.3 is 5.97 Å². The molecule has 0 aromatic carbocycles. The molecule has 0 spiro atoms.